The number of carbonyl (C=O) groups excluding carboxylic acids is 1. The van der Waals surface area contributed by atoms with Crippen molar-refractivity contribution in [1.82, 2.24) is 15.8 Å². The lowest BCUT2D eigenvalue weighted by molar-refractivity contribution is -0.134. The number of halogens is 2. The van der Waals surface area contributed by atoms with Crippen molar-refractivity contribution in [3.63, 3.8) is 0 Å². The Hall–Kier alpha value is -1.95. The first-order valence-corrected chi connectivity index (χ1v) is 8.15. The van der Waals surface area contributed by atoms with Gasteiger partial charge in [0.2, 0.25) is 5.91 Å². The monoisotopic (exact) mass is 347 g/mol. The lowest BCUT2D eigenvalue weighted by Crippen LogP contribution is -2.36. The van der Waals surface area contributed by atoms with Gasteiger partial charge in [-0.1, -0.05) is 35.9 Å². The molecule has 4 nitrogen and oxygen atoms in total. The van der Waals surface area contributed by atoms with Crippen molar-refractivity contribution in [3.05, 3.63) is 70.5 Å². The van der Waals surface area contributed by atoms with Gasteiger partial charge in [0.25, 0.3) is 0 Å². The van der Waals surface area contributed by atoms with E-state index in [1.54, 1.807) is 24.1 Å². The third-order valence-corrected chi connectivity index (χ3v) is 4.49. The molecule has 0 spiro atoms. The molecule has 1 aliphatic rings. The molecule has 1 aliphatic heterocycles. The highest BCUT2D eigenvalue weighted by atomic mass is 35.5. The van der Waals surface area contributed by atoms with Gasteiger partial charge >= 0.3 is 0 Å². The number of hydrazine groups is 1. The van der Waals surface area contributed by atoms with E-state index in [2.05, 4.69) is 10.9 Å². The molecule has 1 fully saturated rings. The van der Waals surface area contributed by atoms with Gasteiger partial charge in [-0.05, 0) is 35.4 Å². The van der Waals surface area contributed by atoms with Crippen LogP contribution in [0, 0.1) is 11.7 Å². The van der Waals surface area contributed by atoms with Gasteiger partial charge in [0, 0.05) is 25.2 Å². The van der Waals surface area contributed by atoms with Crippen molar-refractivity contribution in [1.29, 1.82) is 0 Å². The highest BCUT2D eigenvalue weighted by Gasteiger charge is 2.35. The molecule has 2 atom stereocenters. The average Bonchev–Trinajstić information content (AvgIpc) is 3.06. The number of carbonyl (C=O) groups is 1. The Balaban J connectivity index is 1.70. The molecular weight excluding hydrogens is 329 g/mol. The van der Waals surface area contributed by atoms with E-state index in [9.17, 15) is 9.18 Å². The summed E-state index contributed by atoms with van der Waals surface area (Å²) in [6.07, 6.45) is 0. The number of hydrogen-bond donors (Lipinski definition) is 2. The molecule has 24 heavy (non-hydrogen) atoms. The Kier molecular flexibility index (Phi) is 5.14. The molecule has 0 bridgehead atoms. The normalized spacial score (nSPS) is 20.1. The zero-order valence-corrected chi connectivity index (χ0v) is 14.1. The molecule has 6 heteroatoms. The fourth-order valence-corrected chi connectivity index (χ4v) is 3.06. The molecule has 2 N–H and O–H groups in total. The summed E-state index contributed by atoms with van der Waals surface area (Å²) in [5.41, 5.74) is 8.13. The molecule has 0 aromatic heterocycles. The van der Waals surface area contributed by atoms with Crippen LogP contribution in [0.1, 0.15) is 17.2 Å². The van der Waals surface area contributed by atoms with E-state index in [1.807, 2.05) is 24.3 Å². The first-order valence-electron chi connectivity index (χ1n) is 7.78. The zero-order valence-electron chi connectivity index (χ0n) is 13.3. The molecule has 2 unspecified atom stereocenters. The average molecular weight is 348 g/mol. The van der Waals surface area contributed by atoms with E-state index in [4.69, 9.17) is 11.6 Å². The van der Waals surface area contributed by atoms with Crippen LogP contribution in [-0.2, 0) is 11.3 Å². The molecule has 1 heterocycles. The van der Waals surface area contributed by atoms with E-state index in [-0.39, 0.29) is 23.7 Å². The van der Waals surface area contributed by atoms with E-state index in [0.717, 1.165) is 11.1 Å². The summed E-state index contributed by atoms with van der Waals surface area (Å²) in [6, 6.07) is 13.6. The Morgan fingerprint density at radius 2 is 1.88 bits per heavy atom. The highest BCUT2D eigenvalue weighted by Crippen LogP contribution is 2.27. The van der Waals surface area contributed by atoms with Crippen LogP contribution >= 0.6 is 11.6 Å². The molecule has 0 saturated carbocycles. The van der Waals surface area contributed by atoms with Crippen LogP contribution in [0.25, 0.3) is 0 Å². The van der Waals surface area contributed by atoms with Gasteiger partial charge in [0.15, 0.2) is 0 Å². The second kappa shape index (κ2) is 7.30. The molecule has 1 saturated heterocycles. The van der Waals surface area contributed by atoms with Crippen LogP contribution in [-0.4, -0.2) is 24.4 Å². The minimum Gasteiger partial charge on any atom is -0.341 e. The third-order valence-electron chi connectivity index (χ3n) is 4.24. The number of rotatable bonds is 4. The van der Waals surface area contributed by atoms with Gasteiger partial charge in [-0.25, -0.2) is 9.82 Å². The van der Waals surface area contributed by atoms with E-state index in [0.29, 0.717) is 18.1 Å². The van der Waals surface area contributed by atoms with E-state index < -0.39 is 0 Å². The topological polar surface area (TPSA) is 44.4 Å². The van der Waals surface area contributed by atoms with Crippen molar-refractivity contribution in [2.45, 2.75) is 12.6 Å². The summed E-state index contributed by atoms with van der Waals surface area (Å²) in [7, 11) is 1.77. The minimum atomic E-state index is -0.278. The number of benzene rings is 2. The SMILES string of the molecule is CN(Cc1ccc(F)cc1)C(=O)C1CNNC1c1ccc(Cl)cc1. The number of nitrogens with zero attached hydrogens (tertiary/aromatic N) is 1. The Morgan fingerprint density at radius 1 is 1.21 bits per heavy atom. The Bertz CT molecular complexity index is 705. The summed E-state index contributed by atoms with van der Waals surface area (Å²) in [5, 5.41) is 0.668. The molecule has 0 radical (unpaired) electrons. The largest absolute Gasteiger partial charge is 0.341 e. The van der Waals surface area contributed by atoms with E-state index >= 15 is 0 Å². The van der Waals surface area contributed by atoms with Crippen LogP contribution in [0.2, 0.25) is 5.02 Å². The van der Waals surface area contributed by atoms with E-state index in [1.165, 1.54) is 12.1 Å². The quantitative estimate of drug-likeness (QED) is 0.894. The summed E-state index contributed by atoms with van der Waals surface area (Å²) >= 11 is 5.93. The predicted octanol–water partition coefficient (Wildman–Crippen LogP) is 2.90. The predicted molar refractivity (Wildman–Crippen MR) is 91.7 cm³/mol. The second-order valence-electron chi connectivity index (χ2n) is 5.98. The first-order chi connectivity index (χ1) is 11.5. The molecule has 0 aliphatic carbocycles. The van der Waals surface area contributed by atoms with Crippen molar-refractivity contribution in [2.24, 2.45) is 5.92 Å². The molecule has 1 amide bonds. The minimum absolute atomic E-state index is 0.0387. The van der Waals surface area contributed by atoms with Crippen molar-refractivity contribution in [3.8, 4) is 0 Å². The van der Waals surface area contributed by atoms with Gasteiger partial charge in [0.05, 0.1) is 12.0 Å². The van der Waals surface area contributed by atoms with Gasteiger partial charge < -0.3 is 4.90 Å². The fraction of sp³-hybridized carbons (Fsp3) is 0.278. The zero-order chi connectivity index (χ0) is 17.1. The van der Waals surface area contributed by atoms with Gasteiger partial charge in [-0.3, -0.25) is 10.2 Å². The molecule has 3 rings (SSSR count). The highest BCUT2D eigenvalue weighted by molar-refractivity contribution is 6.30. The second-order valence-corrected chi connectivity index (χ2v) is 6.42. The summed E-state index contributed by atoms with van der Waals surface area (Å²) in [6.45, 7) is 1.00. The maximum absolute atomic E-state index is 13.0. The van der Waals surface area contributed by atoms with Crippen molar-refractivity contribution in [2.75, 3.05) is 13.6 Å². The van der Waals surface area contributed by atoms with Crippen LogP contribution in [0.15, 0.2) is 48.5 Å². The van der Waals surface area contributed by atoms with Crippen LogP contribution in [0.3, 0.4) is 0 Å². The lowest BCUT2D eigenvalue weighted by Gasteiger charge is -2.24. The number of amides is 1. The molecular formula is C18H19ClFN3O. The van der Waals surface area contributed by atoms with Gasteiger partial charge in [-0.2, -0.15) is 0 Å². The number of hydrogen-bond acceptors (Lipinski definition) is 3. The standard InChI is InChI=1S/C18H19ClFN3O/c1-23(11-12-2-8-15(20)9-3-12)18(24)16-10-21-22-17(16)13-4-6-14(19)7-5-13/h2-9,16-17,21-22H,10-11H2,1H3. The van der Waals surface area contributed by atoms with Crippen LogP contribution in [0.4, 0.5) is 4.39 Å². The molecule has 2 aromatic carbocycles. The summed E-state index contributed by atoms with van der Waals surface area (Å²) in [5.74, 6) is -0.451. The molecule has 126 valence electrons. The third kappa shape index (κ3) is 3.75. The lowest BCUT2D eigenvalue weighted by atomic mass is 9.93. The van der Waals surface area contributed by atoms with Gasteiger partial charge in [0.1, 0.15) is 5.82 Å². The Labute approximate surface area is 145 Å². The summed E-state index contributed by atoms with van der Waals surface area (Å²) in [4.78, 5) is 14.5. The van der Waals surface area contributed by atoms with Crippen molar-refractivity contribution < 1.29 is 9.18 Å². The van der Waals surface area contributed by atoms with Crippen LogP contribution < -0.4 is 10.9 Å². The maximum Gasteiger partial charge on any atom is 0.229 e. The smallest absolute Gasteiger partial charge is 0.229 e. The molecule has 2 aromatic rings. The fourth-order valence-electron chi connectivity index (χ4n) is 2.94. The van der Waals surface area contributed by atoms with Gasteiger partial charge in [-0.15, -0.1) is 0 Å². The van der Waals surface area contributed by atoms with Crippen LogP contribution in [0.5, 0.6) is 0 Å². The first kappa shape index (κ1) is 16.9. The Morgan fingerprint density at radius 3 is 2.54 bits per heavy atom. The number of nitrogens with one attached hydrogen (secondary N) is 2. The maximum atomic E-state index is 13.0. The van der Waals surface area contributed by atoms with Crippen molar-refractivity contribution >= 4 is 17.5 Å². The summed E-state index contributed by atoms with van der Waals surface area (Å²) < 4.78 is 13.0.